The van der Waals surface area contributed by atoms with Crippen LogP contribution in [0.4, 0.5) is 5.69 Å². The quantitative estimate of drug-likeness (QED) is 0.441. The Hall–Kier alpha value is -2.49. The molecule has 0 atom stereocenters. The third-order valence-corrected chi connectivity index (χ3v) is 4.37. The zero-order chi connectivity index (χ0) is 18.4. The van der Waals surface area contributed by atoms with E-state index in [1.807, 2.05) is 16.8 Å². The van der Waals surface area contributed by atoms with E-state index in [9.17, 15) is 4.79 Å². The number of thiophene rings is 1. The van der Waals surface area contributed by atoms with E-state index >= 15 is 0 Å². The number of halogens is 1. The first kappa shape index (κ1) is 18.3. The Bertz CT molecular complexity index is 880. The van der Waals surface area contributed by atoms with Crippen LogP contribution < -0.4 is 16.2 Å². The van der Waals surface area contributed by atoms with Gasteiger partial charge in [-0.3, -0.25) is 15.6 Å². The predicted molar refractivity (Wildman–Crippen MR) is 105 cm³/mol. The molecule has 0 aliphatic rings. The molecule has 0 fully saturated rings. The Morgan fingerprint density at radius 3 is 2.77 bits per heavy atom. The topological polar surface area (TPSA) is 92.1 Å². The number of nitrogens with zero attached hydrogens (tertiary/aromatic N) is 2. The summed E-state index contributed by atoms with van der Waals surface area (Å²) in [6, 6.07) is 8.93. The van der Waals surface area contributed by atoms with E-state index in [0.29, 0.717) is 23.2 Å². The largest absolute Gasteiger partial charge is 0.339 e. The highest BCUT2D eigenvalue weighted by Crippen LogP contribution is 2.19. The van der Waals surface area contributed by atoms with Gasteiger partial charge in [-0.05, 0) is 47.9 Å². The van der Waals surface area contributed by atoms with Gasteiger partial charge in [-0.1, -0.05) is 16.8 Å². The summed E-state index contributed by atoms with van der Waals surface area (Å²) in [6.07, 6.45) is 0.518. The van der Waals surface area contributed by atoms with Gasteiger partial charge in [-0.15, -0.1) is 0 Å². The summed E-state index contributed by atoms with van der Waals surface area (Å²) in [5.74, 6) is 0.678. The number of hydrogen-bond donors (Lipinski definition) is 3. The Labute approximate surface area is 163 Å². The van der Waals surface area contributed by atoms with Crippen LogP contribution in [0.2, 0.25) is 5.02 Å². The number of benzene rings is 1. The van der Waals surface area contributed by atoms with Crippen molar-refractivity contribution in [3.05, 3.63) is 52.0 Å². The van der Waals surface area contributed by atoms with Gasteiger partial charge in [0, 0.05) is 34.5 Å². The van der Waals surface area contributed by atoms with E-state index < -0.39 is 0 Å². The summed E-state index contributed by atoms with van der Waals surface area (Å²) >= 11 is 12.5. The molecule has 0 aliphatic heterocycles. The molecule has 0 spiro atoms. The second-order valence-corrected chi connectivity index (χ2v) is 6.78. The Morgan fingerprint density at radius 1 is 1.23 bits per heavy atom. The summed E-state index contributed by atoms with van der Waals surface area (Å²) < 4.78 is 5.15. The highest BCUT2D eigenvalue weighted by atomic mass is 35.5. The number of hydrogen-bond acceptors (Lipinski definition) is 6. The van der Waals surface area contributed by atoms with Crippen molar-refractivity contribution in [2.45, 2.75) is 12.8 Å². The van der Waals surface area contributed by atoms with Gasteiger partial charge in [0.15, 0.2) is 5.11 Å². The number of anilines is 1. The normalized spacial score (nSPS) is 10.3. The number of aryl methyl sites for hydroxylation is 1. The lowest BCUT2D eigenvalue weighted by atomic mass is 10.3. The predicted octanol–water partition coefficient (Wildman–Crippen LogP) is 3.40. The summed E-state index contributed by atoms with van der Waals surface area (Å²) in [5.41, 5.74) is 6.80. The molecule has 10 heteroatoms. The summed E-state index contributed by atoms with van der Waals surface area (Å²) in [4.78, 5) is 16.1. The zero-order valence-corrected chi connectivity index (χ0v) is 15.7. The number of thiocarbonyl (C=S) groups is 1. The zero-order valence-electron chi connectivity index (χ0n) is 13.4. The Balaban J connectivity index is 1.40. The van der Waals surface area contributed by atoms with Crippen LogP contribution in [0.5, 0.6) is 0 Å². The first-order valence-corrected chi connectivity index (χ1v) is 9.29. The van der Waals surface area contributed by atoms with E-state index in [1.54, 1.807) is 35.6 Å². The minimum absolute atomic E-state index is 0.182. The maximum atomic E-state index is 11.9. The molecule has 2 heterocycles. The third-order valence-electron chi connectivity index (χ3n) is 3.23. The molecule has 3 aromatic rings. The van der Waals surface area contributed by atoms with Gasteiger partial charge in [0.05, 0.1) is 0 Å². The molecule has 2 aromatic heterocycles. The Kier molecular flexibility index (Phi) is 6.16. The van der Waals surface area contributed by atoms with E-state index in [2.05, 4.69) is 26.3 Å². The van der Waals surface area contributed by atoms with Gasteiger partial charge in [0.2, 0.25) is 17.6 Å². The molecule has 7 nitrogen and oxygen atoms in total. The van der Waals surface area contributed by atoms with Crippen LogP contribution in [0.15, 0.2) is 45.6 Å². The fraction of sp³-hybridized carbons (Fsp3) is 0.125. The summed E-state index contributed by atoms with van der Waals surface area (Å²) in [5, 5.41) is 11.6. The van der Waals surface area contributed by atoms with Gasteiger partial charge in [0.1, 0.15) is 0 Å². The molecule has 0 unspecified atom stereocenters. The molecular formula is C16H14ClN5O2S2. The van der Waals surface area contributed by atoms with Crippen molar-refractivity contribution < 1.29 is 9.32 Å². The van der Waals surface area contributed by atoms with Gasteiger partial charge in [-0.25, -0.2) is 0 Å². The van der Waals surface area contributed by atoms with Crippen molar-refractivity contribution in [2.75, 3.05) is 5.32 Å². The molecular weight excluding hydrogens is 394 g/mol. The molecule has 1 amide bonds. The van der Waals surface area contributed by atoms with Gasteiger partial charge in [-0.2, -0.15) is 16.3 Å². The van der Waals surface area contributed by atoms with Crippen LogP contribution in [0.25, 0.3) is 11.4 Å². The smallest absolute Gasteiger partial charge is 0.238 e. The van der Waals surface area contributed by atoms with Crippen molar-refractivity contribution in [3.8, 4) is 11.4 Å². The number of nitrogens with one attached hydrogen (secondary N) is 3. The van der Waals surface area contributed by atoms with Crippen molar-refractivity contribution in [3.63, 3.8) is 0 Å². The van der Waals surface area contributed by atoms with Gasteiger partial charge in [0.25, 0.3) is 0 Å². The summed E-state index contributed by atoms with van der Waals surface area (Å²) in [7, 11) is 0. The lowest BCUT2D eigenvalue weighted by Gasteiger charge is -2.11. The Morgan fingerprint density at radius 2 is 2.04 bits per heavy atom. The van der Waals surface area contributed by atoms with Crippen LogP contribution in [0, 0.1) is 0 Å². The molecule has 3 N–H and O–H groups in total. The number of rotatable bonds is 5. The highest BCUT2D eigenvalue weighted by molar-refractivity contribution is 7.80. The van der Waals surface area contributed by atoms with E-state index in [1.165, 1.54) is 0 Å². The minimum atomic E-state index is -0.250. The first-order chi connectivity index (χ1) is 12.6. The van der Waals surface area contributed by atoms with E-state index in [0.717, 1.165) is 11.3 Å². The van der Waals surface area contributed by atoms with Crippen LogP contribution in [0.3, 0.4) is 0 Å². The fourth-order valence-corrected chi connectivity index (χ4v) is 2.90. The maximum Gasteiger partial charge on any atom is 0.238 e. The summed E-state index contributed by atoms with van der Waals surface area (Å²) in [6.45, 7) is 0. The SMILES string of the molecule is O=C(CCc1nc(-c2ccsc2)no1)NNC(=S)Nc1ccc(Cl)cc1. The molecule has 1 aromatic carbocycles. The van der Waals surface area contributed by atoms with Crippen LogP contribution in [0.1, 0.15) is 12.3 Å². The molecule has 0 saturated carbocycles. The van der Waals surface area contributed by atoms with Gasteiger partial charge >= 0.3 is 0 Å². The van der Waals surface area contributed by atoms with Crippen molar-refractivity contribution in [2.24, 2.45) is 0 Å². The third kappa shape index (κ3) is 5.25. The van der Waals surface area contributed by atoms with E-state index in [-0.39, 0.29) is 17.4 Å². The van der Waals surface area contributed by atoms with Gasteiger partial charge < -0.3 is 9.84 Å². The lowest BCUT2D eigenvalue weighted by Crippen LogP contribution is -2.43. The fourth-order valence-electron chi connectivity index (χ4n) is 1.97. The van der Waals surface area contributed by atoms with Crippen molar-refractivity contribution >= 4 is 51.9 Å². The number of hydrazine groups is 1. The van der Waals surface area contributed by atoms with Crippen molar-refractivity contribution in [1.29, 1.82) is 0 Å². The molecule has 3 rings (SSSR count). The number of carbonyl (C=O) groups excluding carboxylic acids is 1. The van der Waals surface area contributed by atoms with Crippen LogP contribution in [-0.2, 0) is 11.2 Å². The number of aromatic nitrogens is 2. The molecule has 134 valence electrons. The molecule has 0 bridgehead atoms. The monoisotopic (exact) mass is 407 g/mol. The first-order valence-electron chi connectivity index (χ1n) is 7.57. The second-order valence-electron chi connectivity index (χ2n) is 5.16. The van der Waals surface area contributed by atoms with E-state index in [4.69, 9.17) is 28.3 Å². The highest BCUT2D eigenvalue weighted by Gasteiger charge is 2.11. The maximum absolute atomic E-state index is 11.9. The standard InChI is InChI=1S/C16H14ClN5O2S2/c17-11-1-3-12(4-2-11)18-16(25)21-20-13(23)5-6-14-19-15(22-24-14)10-7-8-26-9-10/h1-4,7-9H,5-6H2,(H,20,23)(H2,18,21,25). The van der Waals surface area contributed by atoms with Crippen molar-refractivity contribution in [1.82, 2.24) is 21.0 Å². The minimum Gasteiger partial charge on any atom is -0.339 e. The number of carbonyl (C=O) groups is 1. The van der Waals surface area contributed by atoms with Crippen LogP contribution in [-0.4, -0.2) is 21.2 Å². The second kappa shape index (κ2) is 8.75. The average molecular weight is 408 g/mol. The molecule has 0 radical (unpaired) electrons. The molecule has 0 saturated heterocycles. The molecule has 26 heavy (non-hydrogen) atoms. The van der Waals surface area contributed by atoms with Crippen LogP contribution >= 0.6 is 35.2 Å². The average Bonchev–Trinajstić information content (AvgIpc) is 3.31. The molecule has 0 aliphatic carbocycles. The number of amides is 1. The lowest BCUT2D eigenvalue weighted by molar-refractivity contribution is -0.121.